The quantitative estimate of drug-likeness (QED) is 0.595. The van der Waals surface area contributed by atoms with Gasteiger partial charge in [-0.25, -0.2) is 9.78 Å². The van der Waals surface area contributed by atoms with E-state index in [0.29, 0.717) is 12.4 Å². The standard InChI is InChI=1S/C12H16N4O4/c17-12(18)9-7-11(14-8-10(9)16(19)20)13-3-6-15-4-1-2-5-15/h7-8H,1-6H2,(H,13,14)(H,17,18). The molecule has 0 saturated carbocycles. The van der Waals surface area contributed by atoms with E-state index in [0.717, 1.165) is 25.8 Å². The van der Waals surface area contributed by atoms with Crippen LogP contribution in [0.2, 0.25) is 0 Å². The largest absolute Gasteiger partial charge is 0.477 e. The van der Waals surface area contributed by atoms with Crippen molar-refractivity contribution in [2.45, 2.75) is 12.8 Å². The first-order chi connectivity index (χ1) is 9.58. The molecule has 8 nitrogen and oxygen atoms in total. The van der Waals surface area contributed by atoms with E-state index in [1.165, 1.54) is 18.9 Å². The molecule has 0 amide bonds. The Morgan fingerprint density at radius 3 is 2.80 bits per heavy atom. The summed E-state index contributed by atoms with van der Waals surface area (Å²) < 4.78 is 0. The average molecular weight is 280 g/mol. The van der Waals surface area contributed by atoms with Crippen LogP contribution in [-0.4, -0.2) is 52.1 Å². The minimum atomic E-state index is -1.33. The molecular formula is C12H16N4O4. The molecule has 0 aliphatic carbocycles. The van der Waals surface area contributed by atoms with Gasteiger partial charge in [0.05, 0.1) is 4.92 Å². The number of carbonyl (C=O) groups is 1. The summed E-state index contributed by atoms with van der Waals surface area (Å²) in [7, 11) is 0. The molecule has 1 aromatic rings. The van der Waals surface area contributed by atoms with Crippen molar-refractivity contribution < 1.29 is 14.8 Å². The van der Waals surface area contributed by atoms with Crippen molar-refractivity contribution in [3.05, 3.63) is 27.9 Å². The molecule has 0 bridgehead atoms. The Morgan fingerprint density at radius 1 is 1.50 bits per heavy atom. The summed E-state index contributed by atoms with van der Waals surface area (Å²) in [5.74, 6) is -0.992. The maximum atomic E-state index is 11.0. The van der Waals surface area contributed by atoms with Crippen LogP contribution < -0.4 is 5.32 Å². The number of nitro groups is 1. The maximum Gasteiger partial charge on any atom is 0.342 e. The highest BCUT2D eigenvalue weighted by Gasteiger charge is 2.21. The van der Waals surface area contributed by atoms with Gasteiger partial charge in [-0.15, -0.1) is 0 Å². The SMILES string of the molecule is O=C(O)c1cc(NCCN2CCCC2)ncc1[N+](=O)[O-]. The number of pyridine rings is 1. The van der Waals surface area contributed by atoms with E-state index in [2.05, 4.69) is 15.2 Å². The van der Waals surface area contributed by atoms with Gasteiger partial charge in [0.1, 0.15) is 17.6 Å². The van der Waals surface area contributed by atoms with Crippen molar-refractivity contribution in [1.29, 1.82) is 0 Å². The maximum absolute atomic E-state index is 11.0. The van der Waals surface area contributed by atoms with E-state index in [-0.39, 0.29) is 5.56 Å². The van der Waals surface area contributed by atoms with Crippen LogP contribution >= 0.6 is 0 Å². The summed E-state index contributed by atoms with van der Waals surface area (Å²) in [5.41, 5.74) is -0.851. The first kappa shape index (κ1) is 14.2. The Morgan fingerprint density at radius 2 is 2.20 bits per heavy atom. The number of likely N-dealkylation sites (tertiary alicyclic amines) is 1. The lowest BCUT2D eigenvalue weighted by molar-refractivity contribution is -0.385. The van der Waals surface area contributed by atoms with Gasteiger partial charge >= 0.3 is 11.7 Å². The number of anilines is 1. The van der Waals surface area contributed by atoms with Gasteiger partial charge in [-0.2, -0.15) is 0 Å². The lowest BCUT2D eigenvalue weighted by Gasteiger charge is -2.15. The van der Waals surface area contributed by atoms with Gasteiger partial charge in [0.15, 0.2) is 0 Å². The molecule has 8 heteroatoms. The van der Waals surface area contributed by atoms with Crippen molar-refractivity contribution in [3.8, 4) is 0 Å². The van der Waals surface area contributed by atoms with Gasteiger partial charge in [-0.3, -0.25) is 10.1 Å². The number of aromatic nitrogens is 1. The van der Waals surface area contributed by atoms with E-state index in [4.69, 9.17) is 5.11 Å². The van der Waals surface area contributed by atoms with Crippen LogP contribution in [0.4, 0.5) is 11.5 Å². The molecule has 2 heterocycles. The fraction of sp³-hybridized carbons (Fsp3) is 0.500. The highest BCUT2D eigenvalue weighted by molar-refractivity contribution is 5.93. The first-order valence-electron chi connectivity index (χ1n) is 6.42. The highest BCUT2D eigenvalue weighted by atomic mass is 16.6. The summed E-state index contributed by atoms with van der Waals surface area (Å²) in [4.78, 5) is 27.1. The molecule has 0 radical (unpaired) electrons. The molecule has 108 valence electrons. The summed E-state index contributed by atoms with van der Waals surface area (Å²) in [6, 6.07) is 1.20. The zero-order valence-corrected chi connectivity index (χ0v) is 10.9. The van der Waals surface area contributed by atoms with Crippen molar-refractivity contribution in [2.24, 2.45) is 0 Å². The van der Waals surface area contributed by atoms with Crippen molar-refractivity contribution in [2.75, 3.05) is 31.5 Å². The number of carboxylic acids is 1. The van der Waals surface area contributed by atoms with E-state index in [1.807, 2.05) is 0 Å². The van der Waals surface area contributed by atoms with Crippen LogP contribution in [-0.2, 0) is 0 Å². The Hall–Kier alpha value is -2.22. The van der Waals surface area contributed by atoms with Gasteiger partial charge in [-0.05, 0) is 25.9 Å². The minimum absolute atomic E-state index is 0.340. The zero-order valence-electron chi connectivity index (χ0n) is 10.9. The highest BCUT2D eigenvalue weighted by Crippen LogP contribution is 2.20. The molecule has 1 aliphatic rings. The molecule has 1 aromatic heterocycles. The van der Waals surface area contributed by atoms with Crippen LogP contribution in [0.25, 0.3) is 0 Å². The predicted molar refractivity (Wildman–Crippen MR) is 72.0 cm³/mol. The molecule has 1 saturated heterocycles. The lowest BCUT2D eigenvalue weighted by Crippen LogP contribution is -2.26. The second-order valence-electron chi connectivity index (χ2n) is 4.62. The molecular weight excluding hydrogens is 264 g/mol. The number of nitrogens with zero attached hydrogens (tertiary/aromatic N) is 3. The third-order valence-corrected chi connectivity index (χ3v) is 3.24. The van der Waals surface area contributed by atoms with Gasteiger partial charge in [0, 0.05) is 19.2 Å². The molecule has 0 atom stereocenters. The molecule has 2 N–H and O–H groups in total. The molecule has 0 unspecified atom stereocenters. The topological polar surface area (TPSA) is 109 Å². The van der Waals surface area contributed by atoms with Crippen LogP contribution in [0.15, 0.2) is 12.3 Å². The smallest absolute Gasteiger partial charge is 0.342 e. The van der Waals surface area contributed by atoms with Gasteiger partial charge in [0.2, 0.25) is 0 Å². The number of rotatable bonds is 6. The van der Waals surface area contributed by atoms with Crippen LogP contribution in [0.3, 0.4) is 0 Å². The van der Waals surface area contributed by atoms with Crippen molar-refractivity contribution in [3.63, 3.8) is 0 Å². The molecule has 1 aliphatic heterocycles. The number of hydrogen-bond donors (Lipinski definition) is 2. The second kappa shape index (κ2) is 6.29. The first-order valence-corrected chi connectivity index (χ1v) is 6.42. The monoisotopic (exact) mass is 280 g/mol. The minimum Gasteiger partial charge on any atom is -0.477 e. The summed E-state index contributed by atoms with van der Waals surface area (Å²) in [5, 5.41) is 22.7. The van der Waals surface area contributed by atoms with Crippen LogP contribution in [0.1, 0.15) is 23.2 Å². The average Bonchev–Trinajstić information content (AvgIpc) is 2.91. The third-order valence-electron chi connectivity index (χ3n) is 3.24. The number of aromatic carboxylic acids is 1. The van der Waals surface area contributed by atoms with Gasteiger partial charge in [-0.1, -0.05) is 0 Å². The number of nitrogens with one attached hydrogen (secondary N) is 1. The van der Waals surface area contributed by atoms with E-state index in [9.17, 15) is 14.9 Å². The third kappa shape index (κ3) is 3.41. The molecule has 0 spiro atoms. The fourth-order valence-corrected chi connectivity index (χ4v) is 2.21. The van der Waals surface area contributed by atoms with Crippen molar-refractivity contribution >= 4 is 17.5 Å². The summed E-state index contributed by atoms with van der Waals surface area (Å²) in [6.07, 6.45) is 3.39. The molecule has 20 heavy (non-hydrogen) atoms. The Kier molecular flexibility index (Phi) is 4.46. The predicted octanol–water partition coefficient (Wildman–Crippen LogP) is 1.20. The van der Waals surface area contributed by atoms with Crippen LogP contribution in [0, 0.1) is 10.1 Å². The van der Waals surface area contributed by atoms with Gasteiger partial charge < -0.3 is 15.3 Å². The molecule has 2 rings (SSSR count). The number of hydrogen-bond acceptors (Lipinski definition) is 6. The second-order valence-corrected chi connectivity index (χ2v) is 4.62. The van der Waals surface area contributed by atoms with Gasteiger partial charge in [0.25, 0.3) is 0 Å². The van der Waals surface area contributed by atoms with Crippen LogP contribution in [0.5, 0.6) is 0 Å². The number of carboxylic acid groups (broad SMARTS) is 1. The summed E-state index contributed by atoms with van der Waals surface area (Å²) in [6.45, 7) is 3.64. The zero-order chi connectivity index (χ0) is 14.5. The molecule has 0 aromatic carbocycles. The normalized spacial score (nSPS) is 15.2. The Bertz CT molecular complexity index is 514. The Labute approximate surface area is 115 Å². The summed E-state index contributed by atoms with van der Waals surface area (Å²) >= 11 is 0. The van der Waals surface area contributed by atoms with E-state index < -0.39 is 16.6 Å². The van der Waals surface area contributed by atoms with Crippen molar-refractivity contribution in [1.82, 2.24) is 9.88 Å². The molecule has 1 fully saturated rings. The fourth-order valence-electron chi connectivity index (χ4n) is 2.21. The van der Waals surface area contributed by atoms with E-state index in [1.54, 1.807) is 0 Å². The lowest BCUT2D eigenvalue weighted by atomic mass is 10.2. The Balaban J connectivity index is 1.99. The van der Waals surface area contributed by atoms with E-state index >= 15 is 0 Å².